The van der Waals surface area contributed by atoms with Crippen molar-refractivity contribution >= 4 is 5.69 Å². The zero-order valence-corrected chi connectivity index (χ0v) is 10.6. The molecule has 19 heavy (non-hydrogen) atoms. The molecule has 1 aromatic rings. The first kappa shape index (κ1) is 15.4. The summed E-state index contributed by atoms with van der Waals surface area (Å²) in [5.74, 6) is 0.0851. The van der Waals surface area contributed by atoms with Crippen LogP contribution in [-0.4, -0.2) is 11.0 Å². The van der Waals surface area contributed by atoms with Gasteiger partial charge in [-0.25, -0.2) is 0 Å². The van der Waals surface area contributed by atoms with E-state index in [4.69, 9.17) is 5.73 Å². The van der Waals surface area contributed by atoms with Crippen molar-refractivity contribution in [1.29, 1.82) is 0 Å². The minimum absolute atomic E-state index is 0.0851. The molecular formula is C12H15F3N2O2. The summed E-state index contributed by atoms with van der Waals surface area (Å²) in [5, 5.41) is 10.8. The number of hydrogen-bond acceptors (Lipinski definition) is 3. The number of nitro groups is 1. The van der Waals surface area contributed by atoms with Gasteiger partial charge in [0.25, 0.3) is 5.69 Å². The zero-order valence-electron chi connectivity index (χ0n) is 10.6. The van der Waals surface area contributed by atoms with Crippen molar-refractivity contribution in [3.8, 4) is 0 Å². The number of alkyl halides is 3. The van der Waals surface area contributed by atoms with E-state index in [1.54, 1.807) is 0 Å². The van der Waals surface area contributed by atoms with E-state index >= 15 is 0 Å². The van der Waals surface area contributed by atoms with Crippen LogP contribution in [0, 0.1) is 16.0 Å². The molecule has 7 heteroatoms. The Hall–Kier alpha value is -1.63. The molecule has 106 valence electrons. The second-order valence-corrected chi connectivity index (χ2v) is 4.71. The van der Waals surface area contributed by atoms with Gasteiger partial charge in [0.2, 0.25) is 0 Å². The van der Waals surface area contributed by atoms with Crippen molar-refractivity contribution in [2.75, 3.05) is 0 Å². The molecule has 0 aliphatic rings. The Bertz CT molecular complexity index is 473. The fourth-order valence-corrected chi connectivity index (χ4v) is 1.57. The quantitative estimate of drug-likeness (QED) is 0.678. The second kappa shape index (κ2) is 5.56. The highest BCUT2D eigenvalue weighted by atomic mass is 19.4. The van der Waals surface area contributed by atoms with Crippen molar-refractivity contribution in [3.63, 3.8) is 0 Å². The van der Waals surface area contributed by atoms with E-state index in [2.05, 4.69) is 0 Å². The van der Waals surface area contributed by atoms with Gasteiger partial charge in [0, 0.05) is 17.7 Å². The molecule has 0 aliphatic heterocycles. The summed E-state index contributed by atoms with van der Waals surface area (Å²) >= 11 is 0. The summed E-state index contributed by atoms with van der Waals surface area (Å²) < 4.78 is 37.5. The first-order valence-corrected chi connectivity index (χ1v) is 5.73. The van der Waals surface area contributed by atoms with Crippen LogP contribution in [0.4, 0.5) is 18.9 Å². The molecule has 0 heterocycles. The Morgan fingerprint density at radius 2 is 1.95 bits per heavy atom. The van der Waals surface area contributed by atoms with E-state index < -0.39 is 22.4 Å². The van der Waals surface area contributed by atoms with E-state index in [-0.39, 0.29) is 23.9 Å². The van der Waals surface area contributed by atoms with E-state index in [0.29, 0.717) is 6.07 Å². The van der Waals surface area contributed by atoms with Crippen LogP contribution in [0.2, 0.25) is 0 Å². The van der Waals surface area contributed by atoms with Crippen molar-refractivity contribution in [2.24, 2.45) is 11.7 Å². The Morgan fingerprint density at radius 1 is 1.37 bits per heavy atom. The van der Waals surface area contributed by atoms with Gasteiger partial charge in [0.1, 0.15) is 0 Å². The highest BCUT2D eigenvalue weighted by molar-refractivity contribution is 5.44. The lowest BCUT2D eigenvalue weighted by atomic mass is 9.95. The number of nitrogens with zero attached hydrogens (tertiary/aromatic N) is 1. The van der Waals surface area contributed by atoms with Gasteiger partial charge in [-0.05, 0) is 18.4 Å². The Balaban J connectivity index is 3.16. The number of nitro benzene ring substituents is 1. The molecule has 0 saturated carbocycles. The summed E-state index contributed by atoms with van der Waals surface area (Å²) in [7, 11) is 0. The van der Waals surface area contributed by atoms with Crippen molar-refractivity contribution < 1.29 is 18.1 Å². The minimum Gasteiger partial charge on any atom is -0.327 e. The monoisotopic (exact) mass is 276 g/mol. The topological polar surface area (TPSA) is 69.2 Å². The van der Waals surface area contributed by atoms with Gasteiger partial charge in [0.05, 0.1) is 10.5 Å². The first-order chi connectivity index (χ1) is 8.62. The third-order valence-corrected chi connectivity index (χ3v) is 2.92. The lowest BCUT2D eigenvalue weighted by Gasteiger charge is -2.16. The summed E-state index contributed by atoms with van der Waals surface area (Å²) in [4.78, 5) is 10.0. The number of nitrogens with two attached hydrogens (primary N) is 1. The maximum atomic E-state index is 12.5. The molecule has 0 bridgehead atoms. The molecule has 0 radical (unpaired) electrons. The maximum Gasteiger partial charge on any atom is 0.416 e. The van der Waals surface area contributed by atoms with Crippen LogP contribution in [0.3, 0.4) is 0 Å². The third-order valence-electron chi connectivity index (χ3n) is 2.92. The number of benzene rings is 1. The summed E-state index contributed by atoms with van der Waals surface area (Å²) in [6.45, 7) is 3.70. The SMILES string of the molecule is CC(C)C(N)Cc1ccc(C(F)(F)F)cc1[N+](=O)[O-]. The predicted molar refractivity (Wildman–Crippen MR) is 64.6 cm³/mol. The summed E-state index contributed by atoms with van der Waals surface area (Å²) in [6.07, 6.45) is -4.42. The molecule has 1 atom stereocenters. The molecule has 0 aliphatic carbocycles. The Labute approximate surface area is 108 Å². The Kier molecular flexibility index (Phi) is 4.52. The summed E-state index contributed by atoms with van der Waals surface area (Å²) in [6, 6.07) is 2.19. The van der Waals surface area contributed by atoms with Gasteiger partial charge >= 0.3 is 6.18 Å². The first-order valence-electron chi connectivity index (χ1n) is 5.73. The third kappa shape index (κ3) is 3.92. The van der Waals surface area contributed by atoms with Gasteiger partial charge in [-0.2, -0.15) is 13.2 Å². The van der Waals surface area contributed by atoms with Crippen LogP contribution in [0.1, 0.15) is 25.0 Å². The smallest absolute Gasteiger partial charge is 0.327 e. The molecule has 4 nitrogen and oxygen atoms in total. The second-order valence-electron chi connectivity index (χ2n) is 4.71. The number of hydrogen-bond donors (Lipinski definition) is 1. The standard InChI is InChI=1S/C12H15F3N2O2/c1-7(2)10(16)5-8-3-4-9(12(13,14)15)6-11(8)17(18)19/h3-4,6-7,10H,5,16H2,1-2H3. The predicted octanol–water partition coefficient (Wildman–Crippen LogP) is 3.14. The summed E-state index contributed by atoms with van der Waals surface area (Å²) in [5.41, 5.74) is 4.46. The molecule has 0 amide bonds. The lowest BCUT2D eigenvalue weighted by Crippen LogP contribution is -2.29. The van der Waals surface area contributed by atoms with Crippen molar-refractivity contribution in [1.82, 2.24) is 0 Å². The van der Waals surface area contributed by atoms with Crippen LogP contribution in [0.15, 0.2) is 18.2 Å². The van der Waals surface area contributed by atoms with Crippen LogP contribution in [-0.2, 0) is 12.6 Å². The molecule has 0 fully saturated rings. The maximum absolute atomic E-state index is 12.5. The number of rotatable bonds is 4. The molecule has 1 unspecified atom stereocenters. The Morgan fingerprint density at radius 3 is 2.37 bits per heavy atom. The zero-order chi connectivity index (χ0) is 14.8. The fraction of sp³-hybridized carbons (Fsp3) is 0.500. The fourth-order valence-electron chi connectivity index (χ4n) is 1.57. The normalized spacial score (nSPS) is 13.6. The van der Waals surface area contributed by atoms with Crippen LogP contribution >= 0.6 is 0 Å². The average molecular weight is 276 g/mol. The van der Waals surface area contributed by atoms with Gasteiger partial charge in [-0.3, -0.25) is 10.1 Å². The van der Waals surface area contributed by atoms with Crippen LogP contribution in [0.25, 0.3) is 0 Å². The lowest BCUT2D eigenvalue weighted by molar-refractivity contribution is -0.385. The van der Waals surface area contributed by atoms with Gasteiger partial charge in [0.15, 0.2) is 0 Å². The van der Waals surface area contributed by atoms with Crippen LogP contribution < -0.4 is 5.73 Å². The van der Waals surface area contributed by atoms with E-state index in [1.807, 2.05) is 13.8 Å². The molecule has 1 rings (SSSR count). The molecule has 0 spiro atoms. The van der Waals surface area contributed by atoms with Crippen molar-refractivity contribution in [3.05, 3.63) is 39.4 Å². The molecule has 0 saturated heterocycles. The minimum atomic E-state index is -4.59. The van der Waals surface area contributed by atoms with E-state index in [1.165, 1.54) is 0 Å². The highest BCUT2D eigenvalue weighted by Gasteiger charge is 2.33. The highest BCUT2D eigenvalue weighted by Crippen LogP contribution is 2.33. The van der Waals surface area contributed by atoms with Gasteiger partial charge in [-0.1, -0.05) is 19.9 Å². The van der Waals surface area contributed by atoms with E-state index in [9.17, 15) is 23.3 Å². The molecule has 2 N–H and O–H groups in total. The number of halogens is 3. The molecule has 1 aromatic carbocycles. The largest absolute Gasteiger partial charge is 0.416 e. The van der Waals surface area contributed by atoms with Gasteiger partial charge < -0.3 is 5.73 Å². The molecule has 0 aromatic heterocycles. The van der Waals surface area contributed by atoms with Crippen LogP contribution in [0.5, 0.6) is 0 Å². The molecular weight excluding hydrogens is 261 g/mol. The van der Waals surface area contributed by atoms with Gasteiger partial charge in [-0.15, -0.1) is 0 Å². The average Bonchev–Trinajstić information content (AvgIpc) is 2.27. The van der Waals surface area contributed by atoms with E-state index in [0.717, 1.165) is 12.1 Å². The van der Waals surface area contributed by atoms with Crippen molar-refractivity contribution in [2.45, 2.75) is 32.5 Å².